The molecule has 0 aliphatic rings. The Hall–Kier alpha value is -0.770. The quantitative estimate of drug-likeness (QED) is 0.911. The Bertz CT molecular complexity index is 481. The van der Waals surface area contributed by atoms with Crippen LogP contribution in [0.3, 0.4) is 0 Å². The van der Waals surface area contributed by atoms with E-state index in [4.69, 9.17) is 21.8 Å². The Kier molecular flexibility index (Phi) is 3.14. The normalized spacial score (nSPS) is 10.6. The van der Waals surface area contributed by atoms with Crippen LogP contribution in [0.1, 0.15) is 5.76 Å². The lowest BCUT2D eigenvalue weighted by Crippen LogP contribution is -1.92. The van der Waals surface area contributed by atoms with E-state index >= 15 is 0 Å². The minimum absolute atomic E-state index is 0.401. The van der Waals surface area contributed by atoms with Crippen LogP contribution < -0.4 is 5.73 Å². The zero-order chi connectivity index (χ0) is 10.8. The molecule has 2 aromatic rings. The predicted molar refractivity (Wildman–Crippen MR) is 64.7 cm³/mol. The predicted octanol–water partition coefficient (Wildman–Crippen LogP) is 3.82. The van der Waals surface area contributed by atoms with Gasteiger partial charge in [-0.1, -0.05) is 17.7 Å². The molecule has 0 radical (unpaired) electrons. The van der Waals surface area contributed by atoms with Gasteiger partial charge in [0.25, 0.3) is 0 Å². The maximum absolute atomic E-state index is 5.99. The van der Waals surface area contributed by atoms with Crippen molar-refractivity contribution in [1.82, 2.24) is 0 Å². The molecule has 0 atom stereocenters. The summed E-state index contributed by atoms with van der Waals surface area (Å²) >= 11 is 9.42. The zero-order valence-corrected chi connectivity index (χ0v) is 10.2. The molecule has 15 heavy (non-hydrogen) atoms. The van der Waals surface area contributed by atoms with Gasteiger partial charge in [0.1, 0.15) is 11.5 Å². The molecule has 0 aliphatic heterocycles. The average molecular weight is 287 g/mol. The van der Waals surface area contributed by atoms with E-state index in [-0.39, 0.29) is 0 Å². The lowest BCUT2D eigenvalue weighted by Gasteiger charge is -2.02. The van der Waals surface area contributed by atoms with Gasteiger partial charge in [0.15, 0.2) is 0 Å². The van der Waals surface area contributed by atoms with Gasteiger partial charge in [-0.2, -0.15) is 0 Å². The molecule has 0 spiro atoms. The summed E-state index contributed by atoms with van der Waals surface area (Å²) in [6.07, 6.45) is 0. The minimum atomic E-state index is 0.401. The van der Waals surface area contributed by atoms with Crippen LogP contribution in [0.5, 0.6) is 0 Å². The Balaban J connectivity index is 2.49. The van der Waals surface area contributed by atoms with E-state index in [0.29, 0.717) is 11.6 Å². The third-order valence-corrected chi connectivity index (χ3v) is 3.48. The van der Waals surface area contributed by atoms with Crippen molar-refractivity contribution in [3.05, 3.63) is 45.6 Å². The highest BCUT2D eigenvalue weighted by Gasteiger charge is 2.09. The van der Waals surface area contributed by atoms with Crippen LogP contribution in [0.25, 0.3) is 11.3 Å². The van der Waals surface area contributed by atoms with E-state index in [0.717, 1.165) is 21.6 Å². The monoisotopic (exact) mass is 285 g/mol. The fourth-order valence-corrected chi connectivity index (χ4v) is 1.96. The zero-order valence-electron chi connectivity index (χ0n) is 7.84. The second-order valence-electron chi connectivity index (χ2n) is 3.07. The SMILES string of the molecule is NCc1ccc(-c2cccc(Cl)c2Br)o1. The van der Waals surface area contributed by atoms with Crippen LogP contribution in [-0.2, 0) is 6.54 Å². The van der Waals surface area contributed by atoms with Crippen molar-refractivity contribution in [2.75, 3.05) is 0 Å². The number of furan rings is 1. The highest BCUT2D eigenvalue weighted by molar-refractivity contribution is 9.10. The van der Waals surface area contributed by atoms with Crippen molar-refractivity contribution < 1.29 is 4.42 Å². The Morgan fingerprint density at radius 1 is 1.27 bits per heavy atom. The van der Waals surface area contributed by atoms with Crippen molar-refractivity contribution >= 4 is 27.5 Å². The first-order valence-electron chi connectivity index (χ1n) is 4.45. The van der Waals surface area contributed by atoms with Gasteiger partial charge in [-0.3, -0.25) is 0 Å². The van der Waals surface area contributed by atoms with E-state index in [1.54, 1.807) is 0 Å². The summed E-state index contributed by atoms with van der Waals surface area (Å²) in [7, 11) is 0. The van der Waals surface area contributed by atoms with Crippen LogP contribution >= 0.6 is 27.5 Å². The maximum atomic E-state index is 5.99. The largest absolute Gasteiger partial charge is 0.460 e. The fourth-order valence-electron chi connectivity index (χ4n) is 1.33. The molecule has 0 fully saturated rings. The third kappa shape index (κ3) is 2.09. The summed E-state index contributed by atoms with van der Waals surface area (Å²) in [6.45, 7) is 0.401. The first-order chi connectivity index (χ1) is 7.22. The molecule has 1 heterocycles. The van der Waals surface area contributed by atoms with E-state index in [9.17, 15) is 0 Å². The number of halogens is 2. The summed E-state index contributed by atoms with van der Waals surface area (Å²) in [5.74, 6) is 1.53. The third-order valence-electron chi connectivity index (χ3n) is 2.08. The number of benzene rings is 1. The Morgan fingerprint density at radius 3 is 2.73 bits per heavy atom. The second-order valence-corrected chi connectivity index (χ2v) is 4.27. The standard InChI is InChI=1S/C11H9BrClNO/c12-11-8(2-1-3-9(11)13)10-5-4-7(6-14)15-10/h1-5H,6,14H2. The van der Waals surface area contributed by atoms with Gasteiger partial charge in [-0.25, -0.2) is 0 Å². The smallest absolute Gasteiger partial charge is 0.135 e. The Morgan fingerprint density at radius 2 is 2.07 bits per heavy atom. The van der Waals surface area contributed by atoms with Gasteiger partial charge in [-0.15, -0.1) is 0 Å². The number of hydrogen-bond acceptors (Lipinski definition) is 2. The topological polar surface area (TPSA) is 39.2 Å². The van der Waals surface area contributed by atoms with Crippen LogP contribution in [0.4, 0.5) is 0 Å². The average Bonchev–Trinajstić information content (AvgIpc) is 2.70. The number of hydrogen-bond donors (Lipinski definition) is 1. The van der Waals surface area contributed by atoms with Crippen molar-refractivity contribution in [3.8, 4) is 11.3 Å². The van der Waals surface area contributed by atoms with E-state index < -0.39 is 0 Å². The molecule has 0 bridgehead atoms. The Labute approximate surface area is 101 Å². The summed E-state index contributed by atoms with van der Waals surface area (Å²) < 4.78 is 6.38. The van der Waals surface area contributed by atoms with Gasteiger partial charge in [0.05, 0.1) is 11.6 Å². The fraction of sp³-hybridized carbons (Fsp3) is 0.0909. The van der Waals surface area contributed by atoms with Gasteiger partial charge in [0, 0.05) is 10.0 Å². The molecular weight excluding hydrogens is 277 g/mol. The van der Waals surface area contributed by atoms with Crippen molar-refractivity contribution in [2.24, 2.45) is 5.73 Å². The summed E-state index contributed by atoms with van der Waals surface area (Å²) in [5, 5.41) is 0.665. The van der Waals surface area contributed by atoms with Crippen LogP contribution in [-0.4, -0.2) is 0 Å². The second kappa shape index (κ2) is 4.39. The van der Waals surface area contributed by atoms with Crippen LogP contribution in [0.15, 0.2) is 39.2 Å². The number of nitrogens with two attached hydrogens (primary N) is 1. The molecule has 0 saturated heterocycles. The van der Waals surface area contributed by atoms with Gasteiger partial charge < -0.3 is 10.2 Å². The van der Waals surface area contributed by atoms with Crippen molar-refractivity contribution in [2.45, 2.75) is 6.54 Å². The van der Waals surface area contributed by atoms with Gasteiger partial charge in [0.2, 0.25) is 0 Å². The molecule has 0 aliphatic carbocycles. The molecule has 0 unspecified atom stereocenters. The van der Waals surface area contributed by atoms with Crippen molar-refractivity contribution in [1.29, 1.82) is 0 Å². The molecule has 78 valence electrons. The first-order valence-corrected chi connectivity index (χ1v) is 5.62. The summed E-state index contributed by atoms with van der Waals surface area (Å²) in [5.41, 5.74) is 6.41. The highest BCUT2D eigenvalue weighted by Crippen LogP contribution is 2.34. The van der Waals surface area contributed by atoms with Crippen LogP contribution in [0, 0.1) is 0 Å². The summed E-state index contributed by atoms with van der Waals surface area (Å²) in [6, 6.07) is 9.39. The first kappa shape index (κ1) is 10.7. The van der Waals surface area contributed by atoms with Crippen LogP contribution in [0.2, 0.25) is 5.02 Å². The summed E-state index contributed by atoms with van der Waals surface area (Å²) in [4.78, 5) is 0. The van der Waals surface area contributed by atoms with E-state index in [2.05, 4.69) is 15.9 Å². The number of rotatable bonds is 2. The lowest BCUT2D eigenvalue weighted by molar-refractivity contribution is 0.525. The highest BCUT2D eigenvalue weighted by atomic mass is 79.9. The molecule has 1 aromatic carbocycles. The molecule has 2 rings (SSSR count). The molecule has 0 saturated carbocycles. The maximum Gasteiger partial charge on any atom is 0.135 e. The molecule has 2 nitrogen and oxygen atoms in total. The molecular formula is C11H9BrClNO. The minimum Gasteiger partial charge on any atom is -0.460 e. The van der Waals surface area contributed by atoms with E-state index in [1.807, 2.05) is 30.3 Å². The van der Waals surface area contributed by atoms with Crippen molar-refractivity contribution in [3.63, 3.8) is 0 Å². The van der Waals surface area contributed by atoms with Gasteiger partial charge >= 0.3 is 0 Å². The van der Waals surface area contributed by atoms with Gasteiger partial charge in [-0.05, 0) is 40.2 Å². The molecule has 1 aromatic heterocycles. The van der Waals surface area contributed by atoms with E-state index in [1.165, 1.54) is 0 Å². The molecule has 4 heteroatoms. The molecule has 2 N–H and O–H groups in total. The molecule has 0 amide bonds. The lowest BCUT2D eigenvalue weighted by atomic mass is 10.2.